The van der Waals surface area contributed by atoms with Crippen LogP contribution in [0.4, 0.5) is 0 Å². The van der Waals surface area contributed by atoms with Gasteiger partial charge >= 0.3 is 5.97 Å². The predicted molar refractivity (Wildman–Crippen MR) is 93.9 cm³/mol. The third-order valence-corrected chi connectivity index (χ3v) is 5.26. The van der Waals surface area contributed by atoms with E-state index in [9.17, 15) is 13.2 Å². The highest BCUT2D eigenvalue weighted by molar-refractivity contribution is 7.89. The molecule has 0 aliphatic carbocycles. The van der Waals surface area contributed by atoms with Gasteiger partial charge in [0, 0.05) is 7.05 Å². The van der Waals surface area contributed by atoms with Crippen LogP contribution in [0.25, 0.3) is 0 Å². The summed E-state index contributed by atoms with van der Waals surface area (Å²) in [5.74, 6) is 0.0486. The number of carbonyl (C=O) groups is 1. The second kappa shape index (κ2) is 8.64. The Kier molecular flexibility index (Phi) is 6.55. The molecule has 0 fully saturated rings. The lowest BCUT2D eigenvalue weighted by Gasteiger charge is -2.16. The third-order valence-electron chi connectivity index (χ3n) is 3.44. The summed E-state index contributed by atoms with van der Waals surface area (Å²) in [6, 6.07) is 15.6. The van der Waals surface area contributed by atoms with Gasteiger partial charge in [-0.05, 0) is 31.2 Å². The zero-order valence-electron chi connectivity index (χ0n) is 14.2. The Morgan fingerprint density at radius 2 is 1.64 bits per heavy atom. The Balaban J connectivity index is 1.80. The van der Waals surface area contributed by atoms with Gasteiger partial charge in [-0.1, -0.05) is 35.9 Å². The second-order valence-corrected chi connectivity index (χ2v) is 7.50. The Morgan fingerprint density at radius 1 is 1.00 bits per heavy atom. The molecule has 0 atom stereocenters. The lowest BCUT2D eigenvalue weighted by atomic mass is 10.2. The fourth-order valence-corrected chi connectivity index (χ4v) is 3.15. The van der Waals surface area contributed by atoms with Crippen LogP contribution in [-0.2, 0) is 19.6 Å². The quantitative estimate of drug-likeness (QED) is 0.531. The van der Waals surface area contributed by atoms with Crippen molar-refractivity contribution in [1.82, 2.24) is 4.31 Å². The van der Waals surface area contributed by atoms with Gasteiger partial charge in [0.2, 0.25) is 10.0 Å². The van der Waals surface area contributed by atoms with Crippen molar-refractivity contribution >= 4 is 16.0 Å². The maximum atomic E-state index is 12.4. The molecule has 25 heavy (non-hydrogen) atoms. The third kappa shape index (κ3) is 5.58. The number of carbonyl (C=O) groups excluding carboxylic acids is 1. The molecule has 0 N–H and O–H groups in total. The Labute approximate surface area is 148 Å². The standard InChI is InChI=1S/C18H21NO5S/c1-15-8-10-17(11-9-15)25(21,22)19(2)14-18(20)24-13-12-23-16-6-4-3-5-7-16/h3-11H,12-14H2,1-2H3. The van der Waals surface area contributed by atoms with E-state index in [4.69, 9.17) is 9.47 Å². The Hall–Kier alpha value is -2.38. The summed E-state index contributed by atoms with van der Waals surface area (Å²) in [6.07, 6.45) is 0. The number of hydrogen-bond donors (Lipinski definition) is 0. The normalized spacial score (nSPS) is 11.3. The number of hydrogen-bond acceptors (Lipinski definition) is 5. The van der Waals surface area contributed by atoms with Crippen molar-refractivity contribution in [3.05, 3.63) is 60.2 Å². The molecular formula is C18H21NO5S. The summed E-state index contributed by atoms with van der Waals surface area (Å²) >= 11 is 0. The molecule has 0 radical (unpaired) electrons. The average Bonchev–Trinajstić information content (AvgIpc) is 2.60. The van der Waals surface area contributed by atoms with Crippen molar-refractivity contribution in [2.75, 3.05) is 26.8 Å². The second-order valence-electron chi connectivity index (χ2n) is 5.46. The number of sulfonamides is 1. The maximum Gasteiger partial charge on any atom is 0.321 e. The van der Waals surface area contributed by atoms with Crippen LogP contribution in [0.1, 0.15) is 5.56 Å². The van der Waals surface area contributed by atoms with Crippen LogP contribution in [0, 0.1) is 6.92 Å². The van der Waals surface area contributed by atoms with Crippen molar-refractivity contribution in [3.8, 4) is 5.75 Å². The highest BCUT2D eigenvalue weighted by Crippen LogP contribution is 2.15. The molecule has 0 amide bonds. The van der Waals surface area contributed by atoms with Crippen LogP contribution < -0.4 is 4.74 Å². The number of benzene rings is 2. The number of esters is 1. The molecule has 0 saturated carbocycles. The molecule has 7 heteroatoms. The lowest BCUT2D eigenvalue weighted by Crippen LogP contribution is -2.33. The van der Waals surface area contributed by atoms with Gasteiger partial charge in [0.05, 0.1) is 4.90 Å². The molecule has 0 saturated heterocycles. The molecule has 2 rings (SSSR count). The van der Waals surface area contributed by atoms with Crippen LogP contribution in [0.15, 0.2) is 59.5 Å². The zero-order valence-corrected chi connectivity index (χ0v) is 15.0. The van der Waals surface area contributed by atoms with Crippen molar-refractivity contribution in [2.24, 2.45) is 0 Å². The van der Waals surface area contributed by atoms with Crippen molar-refractivity contribution in [2.45, 2.75) is 11.8 Å². The Bertz CT molecular complexity index is 788. The molecule has 6 nitrogen and oxygen atoms in total. The highest BCUT2D eigenvalue weighted by Gasteiger charge is 2.23. The van der Waals surface area contributed by atoms with Gasteiger partial charge in [-0.25, -0.2) is 8.42 Å². The fraction of sp³-hybridized carbons (Fsp3) is 0.278. The molecule has 0 aromatic heterocycles. The van der Waals surface area contributed by atoms with Crippen LogP contribution in [-0.4, -0.2) is 45.5 Å². The molecule has 2 aromatic rings. The minimum absolute atomic E-state index is 0.0478. The highest BCUT2D eigenvalue weighted by atomic mass is 32.2. The lowest BCUT2D eigenvalue weighted by molar-refractivity contribution is -0.144. The van der Waals surface area contributed by atoms with E-state index < -0.39 is 16.0 Å². The molecule has 0 unspecified atom stereocenters. The van der Waals surface area contributed by atoms with E-state index >= 15 is 0 Å². The monoisotopic (exact) mass is 363 g/mol. The number of rotatable bonds is 8. The van der Waals surface area contributed by atoms with Gasteiger partial charge in [0.1, 0.15) is 25.5 Å². The molecule has 0 spiro atoms. The number of aryl methyl sites for hydroxylation is 1. The van der Waals surface area contributed by atoms with Crippen LogP contribution in [0.5, 0.6) is 5.75 Å². The molecular weight excluding hydrogens is 342 g/mol. The smallest absolute Gasteiger partial charge is 0.321 e. The first-order chi connectivity index (χ1) is 11.9. The van der Waals surface area contributed by atoms with Crippen LogP contribution >= 0.6 is 0 Å². The first-order valence-electron chi connectivity index (χ1n) is 7.76. The summed E-state index contributed by atoms with van der Waals surface area (Å²) in [5, 5.41) is 0. The molecule has 134 valence electrons. The van der Waals surface area contributed by atoms with Gasteiger partial charge in [0.15, 0.2) is 0 Å². The van der Waals surface area contributed by atoms with Gasteiger partial charge in [-0.2, -0.15) is 4.31 Å². The summed E-state index contributed by atoms with van der Waals surface area (Å²) in [6.45, 7) is 1.76. The van der Waals surface area contributed by atoms with Gasteiger partial charge in [-0.15, -0.1) is 0 Å². The molecule has 0 heterocycles. The molecule has 0 aliphatic rings. The average molecular weight is 363 g/mol. The zero-order chi connectivity index (χ0) is 18.3. The minimum atomic E-state index is -3.72. The molecule has 0 bridgehead atoms. The Morgan fingerprint density at radius 3 is 2.28 bits per heavy atom. The van der Waals surface area contributed by atoms with Gasteiger partial charge < -0.3 is 9.47 Å². The predicted octanol–water partition coefficient (Wildman–Crippen LogP) is 2.24. The minimum Gasteiger partial charge on any atom is -0.490 e. The summed E-state index contributed by atoms with van der Waals surface area (Å²) in [4.78, 5) is 12.0. The van der Waals surface area contributed by atoms with Gasteiger partial charge in [-0.3, -0.25) is 4.79 Å². The topological polar surface area (TPSA) is 72.9 Å². The molecule has 0 aliphatic heterocycles. The van der Waals surface area contributed by atoms with Crippen LogP contribution in [0.2, 0.25) is 0 Å². The largest absolute Gasteiger partial charge is 0.490 e. The van der Waals surface area contributed by atoms with E-state index in [1.54, 1.807) is 24.3 Å². The van der Waals surface area contributed by atoms with E-state index in [0.717, 1.165) is 9.87 Å². The fourth-order valence-electron chi connectivity index (χ4n) is 2.03. The van der Waals surface area contributed by atoms with E-state index in [1.807, 2.05) is 25.1 Å². The number of likely N-dealkylation sites (N-methyl/N-ethyl adjacent to an activating group) is 1. The molecule has 2 aromatic carbocycles. The maximum absolute atomic E-state index is 12.4. The first kappa shape index (κ1) is 19.0. The first-order valence-corrected chi connectivity index (χ1v) is 9.20. The van der Waals surface area contributed by atoms with Crippen molar-refractivity contribution in [1.29, 1.82) is 0 Å². The number of ether oxygens (including phenoxy) is 2. The van der Waals surface area contributed by atoms with Crippen molar-refractivity contribution < 1.29 is 22.7 Å². The summed E-state index contributed by atoms with van der Waals surface area (Å²) in [5.41, 5.74) is 0.958. The van der Waals surface area contributed by atoms with E-state index in [0.29, 0.717) is 5.75 Å². The number of nitrogens with zero attached hydrogens (tertiary/aromatic N) is 1. The van der Waals surface area contributed by atoms with Crippen LogP contribution in [0.3, 0.4) is 0 Å². The van der Waals surface area contributed by atoms with Gasteiger partial charge in [0.25, 0.3) is 0 Å². The van der Waals surface area contributed by atoms with E-state index in [1.165, 1.54) is 19.2 Å². The summed E-state index contributed by atoms with van der Waals surface area (Å²) < 4.78 is 36.2. The SMILES string of the molecule is Cc1ccc(S(=O)(=O)N(C)CC(=O)OCCOc2ccccc2)cc1. The van der Waals surface area contributed by atoms with E-state index in [2.05, 4.69) is 0 Å². The summed E-state index contributed by atoms with van der Waals surface area (Å²) in [7, 11) is -2.38. The van der Waals surface area contributed by atoms with Crippen molar-refractivity contribution in [3.63, 3.8) is 0 Å². The number of para-hydroxylation sites is 1. The van der Waals surface area contributed by atoms with E-state index in [-0.39, 0.29) is 24.7 Å².